The SMILES string of the molecule is CC1(F)OC(F)(C(F)(F)F)C(F)(F)OC1(F)C(F)(F)F. The van der Waals surface area contributed by atoms with Gasteiger partial charge in [-0.15, -0.1) is 0 Å². The van der Waals surface area contributed by atoms with E-state index in [4.69, 9.17) is 0 Å². The third-order valence-electron chi connectivity index (χ3n) is 2.28. The molecule has 120 valence electrons. The second-order valence-corrected chi connectivity index (χ2v) is 3.82. The van der Waals surface area contributed by atoms with Crippen LogP contribution in [-0.4, -0.2) is 36.0 Å². The summed E-state index contributed by atoms with van der Waals surface area (Å²) in [5, 5.41) is 0. The summed E-state index contributed by atoms with van der Waals surface area (Å²) in [6, 6.07) is 0. The number of halogens is 11. The van der Waals surface area contributed by atoms with E-state index in [-0.39, 0.29) is 0 Å². The zero-order valence-corrected chi connectivity index (χ0v) is 8.97. The maximum absolute atomic E-state index is 13.3. The molecule has 0 aromatic heterocycles. The minimum absolute atomic E-state index is 0.671. The summed E-state index contributed by atoms with van der Waals surface area (Å²) in [4.78, 5) is 0. The first-order valence-corrected chi connectivity index (χ1v) is 4.40. The predicted octanol–water partition coefficient (Wildman–Crippen LogP) is 3.77. The van der Waals surface area contributed by atoms with Gasteiger partial charge in [0.25, 0.3) is 5.85 Å². The van der Waals surface area contributed by atoms with E-state index in [2.05, 4.69) is 9.47 Å². The van der Waals surface area contributed by atoms with E-state index in [1.165, 1.54) is 0 Å². The zero-order valence-electron chi connectivity index (χ0n) is 8.97. The highest BCUT2D eigenvalue weighted by Crippen LogP contribution is 2.60. The summed E-state index contributed by atoms with van der Waals surface area (Å²) >= 11 is 0. The van der Waals surface area contributed by atoms with Gasteiger partial charge in [-0.1, -0.05) is 0 Å². The molecule has 0 spiro atoms. The lowest BCUT2D eigenvalue weighted by molar-refractivity contribution is -0.596. The van der Waals surface area contributed by atoms with Crippen molar-refractivity contribution in [2.75, 3.05) is 0 Å². The van der Waals surface area contributed by atoms with Crippen LogP contribution in [0.3, 0.4) is 0 Å². The average Bonchev–Trinajstić information content (AvgIpc) is 2.09. The fraction of sp³-hybridized carbons (Fsp3) is 1.00. The van der Waals surface area contributed by atoms with E-state index in [9.17, 15) is 48.3 Å². The van der Waals surface area contributed by atoms with Gasteiger partial charge in [-0.2, -0.15) is 43.9 Å². The third kappa shape index (κ3) is 2.01. The van der Waals surface area contributed by atoms with E-state index in [0.29, 0.717) is 0 Å². The van der Waals surface area contributed by atoms with Gasteiger partial charge in [0.2, 0.25) is 0 Å². The van der Waals surface area contributed by atoms with E-state index in [1.807, 2.05) is 0 Å². The lowest BCUT2D eigenvalue weighted by Gasteiger charge is -2.49. The van der Waals surface area contributed by atoms with Crippen LogP contribution < -0.4 is 0 Å². The maximum atomic E-state index is 13.3. The number of hydrogen-bond acceptors (Lipinski definition) is 2. The number of hydrogen-bond donors (Lipinski definition) is 0. The van der Waals surface area contributed by atoms with E-state index in [0.717, 1.165) is 0 Å². The van der Waals surface area contributed by atoms with Crippen LogP contribution in [0, 0.1) is 0 Å². The van der Waals surface area contributed by atoms with Crippen molar-refractivity contribution in [1.29, 1.82) is 0 Å². The van der Waals surface area contributed by atoms with Crippen LogP contribution in [0.1, 0.15) is 6.92 Å². The van der Waals surface area contributed by atoms with Crippen LogP contribution in [0.4, 0.5) is 48.3 Å². The number of alkyl halides is 11. The first-order chi connectivity index (χ1) is 8.41. The molecule has 0 amide bonds. The molecular formula is C7H3F11O2. The smallest absolute Gasteiger partial charge is 0.289 e. The summed E-state index contributed by atoms with van der Waals surface area (Å²) < 4.78 is 142. The Bertz CT molecular complexity index is 361. The second kappa shape index (κ2) is 3.87. The molecule has 1 rings (SSSR count). The summed E-state index contributed by atoms with van der Waals surface area (Å²) in [5.41, 5.74) is 0. The Morgan fingerprint density at radius 3 is 1.30 bits per heavy atom. The molecule has 0 radical (unpaired) electrons. The highest BCUT2D eigenvalue weighted by molar-refractivity contribution is 5.02. The molecule has 2 nitrogen and oxygen atoms in total. The Hall–Kier alpha value is -0.850. The van der Waals surface area contributed by atoms with Crippen molar-refractivity contribution < 1.29 is 57.8 Å². The summed E-state index contributed by atoms with van der Waals surface area (Å²) in [5.74, 6) is -17.5. The molecule has 1 aliphatic rings. The van der Waals surface area contributed by atoms with Crippen molar-refractivity contribution in [2.45, 2.75) is 42.9 Å². The molecule has 3 atom stereocenters. The van der Waals surface area contributed by atoms with E-state index >= 15 is 0 Å². The van der Waals surface area contributed by atoms with Crippen molar-refractivity contribution in [3.05, 3.63) is 0 Å². The molecule has 1 saturated heterocycles. The van der Waals surface area contributed by atoms with Gasteiger partial charge in [0.1, 0.15) is 0 Å². The van der Waals surface area contributed by atoms with Crippen molar-refractivity contribution in [2.24, 2.45) is 0 Å². The quantitative estimate of drug-likeness (QED) is 0.630. The van der Waals surface area contributed by atoms with Crippen molar-refractivity contribution in [3.63, 3.8) is 0 Å². The summed E-state index contributed by atoms with van der Waals surface area (Å²) in [6.45, 7) is -0.671. The topological polar surface area (TPSA) is 18.5 Å². The summed E-state index contributed by atoms with van der Waals surface area (Å²) in [7, 11) is 0. The fourth-order valence-electron chi connectivity index (χ4n) is 1.26. The van der Waals surface area contributed by atoms with Crippen LogP contribution in [-0.2, 0) is 9.47 Å². The highest BCUT2D eigenvalue weighted by Gasteiger charge is 2.88. The van der Waals surface area contributed by atoms with Crippen LogP contribution in [0.25, 0.3) is 0 Å². The fourth-order valence-corrected chi connectivity index (χ4v) is 1.26. The number of rotatable bonds is 0. The average molecular weight is 328 g/mol. The molecule has 0 N–H and O–H groups in total. The standard InChI is InChI=1S/C7H3F11O2/c1-2(8)3(9,5(11,12)13)20-7(17,18)4(10,19-2)6(14,15)16/h1H3. The van der Waals surface area contributed by atoms with Gasteiger partial charge in [0.05, 0.1) is 0 Å². The van der Waals surface area contributed by atoms with Crippen LogP contribution in [0.15, 0.2) is 0 Å². The molecular weight excluding hydrogens is 325 g/mol. The third-order valence-corrected chi connectivity index (χ3v) is 2.28. The highest BCUT2D eigenvalue weighted by atomic mass is 19.4. The van der Waals surface area contributed by atoms with E-state index in [1.54, 1.807) is 0 Å². The van der Waals surface area contributed by atoms with Crippen LogP contribution in [0.2, 0.25) is 0 Å². The maximum Gasteiger partial charge on any atom is 0.458 e. The van der Waals surface area contributed by atoms with Gasteiger partial charge in [0.15, 0.2) is 0 Å². The Kier molecular flexibility index (Phi) is 3.33. The monoisotopic (exact) mass is 328 g/mol. The Balaban J connectivity index is 3.44. The molecule has 0 bridgehead atoms. The summed E-state index contributed by atoms with van der Waals surface area (Å²) in [6.07, 6.45) is -19.7. The second-order valence-electron chi connectivity index (χ2n) is 3.82. The van der Waals surface area contributed by atoms with Gasteiger partial charge in [0, 0.05) is 6.92 Å². The molecule has 0 aliphatic carbocycles. The molecule has 3 unspecified atom stereocenters. The van der Waals surface area contributed by atoms with Gasteiger partial charge in [-0.3, -0.25) is 9.47 Å². The molecule has 1 heterocycles. The molecule has 13 heteroatoms. The first-order valence-electron chi connectivity index (χ1n) is 4.40. The normalized spacial score (nSPS) is 42.6. The molecule has 0 aromatic rings. The molecule has 1 fully saturated rings. The van der Waals surface area contributed by atoms with Gasteiger partial charge in [-0.25, -0.2) is 4.39 Å². The minimum Gasteiger partial charge on any atom is -0.289 e. The Morgan fingerprint density at radius 1 is 0.650 bits per heavy atom. The molecule has 0 aromatic carbocycles. The number of ether oxygens (including phenoxy) is 2. The molecule has 20 heavy (non-hydrogen) atoms. The van der Waals surface area contributed by atoms with Crippen molar-refractivity contribution >= 4 is 0 Å². The van der Waals surface area contributed by atoms with E-state index < -0.39 is 42.9 Å². The van der Waals surface area contributed by atoms with Crippen molar-refractivity contribution in [1.82, 2.24) is 0 Å². The zero-order chi connectivity index (χ0) is 16.4. The van der Waals surface area contributed by atoms with Gasteiger partial charge >= 0.3 is 30.2 Å². The van der Waals surface area contributed by atoms with Crippen molar-refractivity contribution in [3.8, 4) is 0 Å². The first kappa shape index (κ1) is 17.2. The largest absolute Gasteiger partial charge is 0.458 e. The Morgan fingerprint density at radius 2 is 1.00 bits per heavy atom. The van der Waals surface area contributed by atoms with Crippen LogP contribution >= 0.6 is 0 Å². The lowest BCUT2D eigenvalue weighted by atomic mass is 10.1. The minimum atomic E-state index is -6.70. The predicted molar refractivity (Wildman–Crippen MR) is 36.4 cm³/mol. The van der Waals surface area contributed by atoms with Crippen LogP contribution in [0.5, 0.6) is 0 Å². The lowest BCUT2D eigenvalue weighted by Crippen LogP contribution is -2.75. The van der Waals surface area contributed by atoms with Gasteiger partial charge in [-0.05, 0) is 0 Å². The van der Waals surface area contributed by atoms with Gasteiger partial charge < -0.3 is 0 Å². The molecule has 1 aliphatic heterocycles. The Labute approximate surface area is 102 Å². The molecule has 0 saturated carbocycles.